The van der Waals surface area contributed by atoms with Crippen LogP contribution < -0.4 is 4.90 Å². The van der Waals surface area contributed by atoms with Gasteiger partial charge in [-0.3, -0.25) is 0 Å². The average molecular weight is 698 g/mol. The molecule has 248 valence electrons. The molecule has 0 N–H and O–H groups in total. The summed E-state index contributed by atoms with van der Waals surface area (Å²) in [7, 11) is 0. The van der Waals surface area contributed by atoms with Crippen molar-refractivity contribution in [2.24, 2.45) is 0 Å². The fraction of sp³-hybridized carbons (Fsp3) is 0. The molecule has 0 atom stereocenters. The van der Waals surface area contributed by atoms with Crippen LogP contribution >= 0.6 is 11.3 Å². The minimum atomic E-state index is 0.826. The van der Waals surface area contributed by atoms with Gasteiger partial charge in [0.1, 0.15) is 27.9 Å². The Balaban J connectivity index is 1.12. The highest BCUT2D eigenvalue weighted by atomic mass is 32.1. The number of benzene rings is 8. The van der Waals surface area contributed by atoms with E-state index in [4.69, 9.17) is 13.3 Å². The molecule has 4 heterocycles. The van der Waals surface area contributed by atoms with Crippen molar-refractivity contribution in [2.45, 2.75) is 0 Å². The number of furan rings is 3. The van der Waals surface area contributed by atoms with E-state index >= 15 is 0 Å². The molecular formula is C48H27NO3S. The topological polar surface area (TPSA) is 42.7 Å². The van der Waals surface area contributed by atoms with Crippen molar-refractivity contribution in [3.8, 4) is 11.1 Å². The number of rotatable bonds is 4. The molecule has 5 heteroatoms. The van der Waals surface area contributed by atoms with E-state index in [1.165, 1.54) is 20.2 Å². The Kier molecular flexibility index (Phi) is 5.90. The van der Waals surface area contributed by atoms with E-state index in [-0.39, 0.29) is 0 Å². The normalized spacial score (nSPS) is 12.2. The van der Waals surface area contributed by atoms with Crippen molar-refractivity contribution < 1.29 is 13.3 Å². The van der Waals surface area contributed by atoms with Gasteiger partial charge < -0.3 is 18.2 Å². The van der Waals surface area contributed by atoms with Crippen LogP contribution in [-0.2, 0) is 0 Å². The highest BCUT2D eigenvalue weighted by Gasteiger charge is 2.24. The summed E-state index contributed by atoms with van der Waals surface area (Å²) in [6, 6.07) is 57.6. The standard InChI is InChI=1S/C48H27NO3S/c1-4-22-40-31(13-1)33-18-9-20-38(46(33)51-40)49(39-21-10-19-36-32-14-3-6-24-43(32)53-48(36)39)29-12-7-11-28(27-29)30-16-8-17-34-35-25-26-42-44(47(35)52-45(30)34)37-15-2-5-23-41(37)50-42/h1-27H. The molecular weight excluding hydrogens is 671 g/mol. The number of anilines is 3. The van der Waals surface area contributed by atoms with Gasteiger partial charge in [0, 0.05) is 53.7 Å². The second-order valence-corrected chi connectivity index (χ2v) is 14.6. The monoisotopic (exact) mass is 697 g/mol. The molecule has 12 rings (SSSR count). The molecule has 53 heavy (non-hydrogen) atoms. The van der Waals surface area contributed by atoms with Gasteiger partial charge >= 0.3 is 0 Å². The van der Waals surface area contributed by atoms with Crippen LogP contribution in [0.15, 0.2) is 177 Å². The molecule has 0 radical (unpaired) electrons. The van der Waals surface area contributed by atoms with Crippen molar-refractivity contribution >= 4 is 114 Å². The number of para-hydroxylation sites is 4. The van der Waals surface area contributed by atoms with Crippen LogP contribution in [0.5, 0.6) is 0 Å². The lowest BCUT2D eigenvalue weighted by atomic mass is 10.0. The molecule has 4 nitrogen and oxygen atoms in total. The van der Waals surface area contributed by atoms with Crippen LogP contribution in [-0.4, -0.2) is 0 Å². The van der Waals surface area contributed by atoms with Crippen LogP contribution in [0.2, 0.25) is 0 Å². The molecule has 0 aliphatic rings. The predicted molar refractivity (Wildman–Crippen MR) is 221 cm³/mol. The molecule has 12 aromatic rings. The lowest BCUT2D eigenvalue weighted by Crippen LogP contribution is -2.10. The summed E-state index contributed by atoms with van der Waals surface area (Å²) in [4.78, 5) is 2.37. The Hall–Kier alpha value is -6.82. The summed E-state index contributed by atoms with van der Waals surface area (Å²) in [5, 5.41) is 8.92. The first kappa shape index (κ1) is 28.8. The second kappa shape index (κ2) is 10.8. The molecule has 0 amide bonds. The van der Waals surface area contributed by atoms with Crippen LogP contribution in [0, 0.1) is 0 Å². The molecule has 0 unspecified atom stereocenters. The van der Waals surface area contributed by atoms with E-state index < -0.39 is 0 Å². The average Bonchev–Trinajstić information content (AvgIpc) is 3.98. The third-order valence-corrected chi connectivity index (χ3v) is 11.9. The zero-order valence-corrected chi connectivity index (χ0v) is 29.0. The molecule has 4 aromatic heterocycles. The lowest BCUT2D eigenvalue weighted by Gasteiger charge is -2.26. The zero-order valence-electron chi connectivity index (χ0n) is 28.2. The van der Waals surface area contributed by atoms with Gasteiger partial charge in [-0.2, -0.15) is 0 Å². The summed E-state index contributed by atoms with van der Waals surface area (Å²) in [5.74, 6) is 0. The van der Waals surface area contributed by atoms with Crippen molar-refractivity contribution in [3.63, 3.8) is 0 Å². The Bertz CT molecular complexity index is 3320. The Labute approximate surface area is 306 Å². The first-order chi connectivity index (χ1) is 26.3. The third-order valence-electron chi connectivity index (χ3n) is 10.7. The first-order valence-electron chi connectivity index (χ1n) is 17.7. The van der Waals surface area contributed by atoms with E-state index in [2.05, 4.69) is 138 Å². The minimum Gasteiger partial charge on any atom is -0.456 e. The Morgan fingerprint density at radius 2 is 1.06 bits per heavy atom. The van der Waals surface area contributed by atoms with Gasteiger partial charge in [0.05, 0.1) is 21.5 Å². The van der Waals surface area contributed by atoms with Crippen LogP contribution in [0.3, 0.4) is 0 Å². The quantitative estimate of drug-likeness (QED) is 0.184. The Morgan fingerprint density at radius 1 is 0.396 bits per heavy atom. The van der Waals surface area contributed by atoms with Crippen molar-refractivity contribution in [1.29, 1.82) is 0 Å². The molecule has 8 aromatic carbocycles. The predicted octanol–water partition coefficient (Wildman–Crippen LogP) is 14.9. The van der Waals surface area contributed by atoms with Crippen LogP contribution in [0.25, 0.3) is 97.1 Å². The van der Waals surface area contributed by atoms with E-state index in [9.17, 15) is 0 Å². The number of nitrogens with zero attached hydrogens (tertiary/aromatic N) is 1. The minimum absolute atomic E-state index is 0.826. The van der Waals surface area contributed by atoms with Gasteiger partial charge in [-0.1, -0.05) is 109 Å². The number of hydrogen-bond donors (Lipinski definition) is 0. The zero-order chi connectivity index (χ0) is 34.6. The second-order valence-electron chi connectivity index (χ2n) is 13.6. The van der Waals surface area contributed by atoms with Crippen molar-refractivity contribution in [1.82, 2.24) is 0 Å². The van der Waals surface area contributed by atoms with E-state index in [1.54, 1.807) is 0 Å². The molecule has 0 aliphatic heterocycles. The third kappa shape index (κ3) is 4.11. The fourth-order valence-electron chi connectivity index (χ4n) is 8.33. The summed E-state index contributed by atoms with van der Waals surface area (Å²) in [6.45, 7) is 0. The Morgan fingerprint density at radius 3 is 1.94 bits per heavy atom. The van der Waals surface area contributed by atoms with Crippen molar-refractivity contribution in [3.05, 3.63) is 164 Å². The highest BCUT2D eigenvalue weighted by Crippen LogP contribution is 2.49. The summed E-state index contributed by atoms with van der Waals surface area (Å²) < 4.78 is 22.3. The summed E-state index contributed by atoms with van der Waals surface area (Å²) in [5.41, 5.74) is 10.3. The SMILES string of the molecule is c1cc(-c2cccc3c2oc2c3ccc3oc4ccccc4c32)cc(N(c2cccc3c2oc2ccccc23)c2cccc3c2sc2ccccc23)c1. The van der Waals surface area contributed by atoms with Gasteiger partial charge in [0.25, 0.3) is 0 Å². The van der Waals surface area contributed by atoms with E-state index in [0.29, 0.717) is 0 Å². The fourth-order valence-corrected chi connectivity index (χ4v) is 9.54. The van der Waals surface area contributed by atoms with E-state index in [1.807, 2.05) is 41.7 Å². The number of hydrogen-bond acceptors (Lipinski definition) is 5. The van der Waals surface area contributed by atoms with Gasteiger partial charge in [0.15, 0.2) is 5.58 Å². The van der Waals surface area contributed by atoms with Gasteiger partial charge in [0.2, 0.25) is 0 Å². The van der Waals surface area contributed by atoms with Crippen LogP contribution in [0.1, 0.15) is 0 Å². The smallest absolute Gasteiger partial charge is 0.159 e. The van der Waals surface area contributed by atoms with Crippen molar-refractivity contribution in [2.75, 3.05) is 4.90 Å². The van der Waals surface area contributed by atoms with Gasteiger partial charge in [-0.15, -0.1) is 11.3 Å². The van der Waals surface area contributed by atoms with Crippen LogP contribution in [0.4, 0.5) is 17.1 Å². The molecule has 0 saturated carbocycles. The first-order valence-corrected chi connectivity index (χ1v) is 18.6. The molecule has 0 fully saturated rings. The maximum Gasteiger partial charge on any atom is 0.159 e. The summed E-state index contributed by atoms with van der Waals surface area (Å²) in [6.07, 6.45) is 0. The number of fused-ring (bicyclic) bond motifs is 13. The lowest BCUT2D eigenvalue weighted by molar-refractivity contribution is 0.663. The molecule has 0 aliphatic carbocycles. The number of thiophene rings is 1. The largest absolute Gasteiger partial charge is 0.456 e. The van der Waals surface area contributed by atoms with E-state index in [0.717, 1.165) is 94.0 Å². The summed E-state index contributed by atoms with van der Waals surface area (Å²) >= 11 is 1.83. The maximum absolute atomic E-state index is 6.88. The van der Waals surface area contributed by atoms with Gasteiger partial charge in [-0.25, -0.2) is 0 Å². The van der Waals surface area contributed by atoms with Gasteiger partial charge in [-0.05, 0) is 60.2 Å². The molecule has 0 spiro atoms. The highest BCUT2D eigenvalue weighted by molar-refractivity contribution is 7.26. The maximum atomic E-state index is 6.88. The molecule has 0 saturated heterocycles. The molecule has 0 bridgehead atoms.